The van der Waals surface area contributed by atoms with Crippen LogP contribution in [0.25, 0.3) is 33.4 Å². The monoisotopic (exact) mass is 827 g/mol. The van der Waals surface area contributed by atoms with Crippen LogP contribution < -0.4 is 34.7 Å². The van der Waals surface area contributed by atoms with Crippen molar-refractivity contribution in [3.8, 4) is 33.4 Å². The molecule has 0 aromatic heterocycles. The summed E-state index contributed by atoms with van der Waals surface area (Å²) >= 11 is 5.77. The van der Waals surface area contributed by atoms with Gasteiger partial charge in [0.1, 0.15) is 6.61 Å². The quantitative estimate of drug-likeness (QED) is 0.0782. The molecule has 0 spiro atoms. The Morgan fingerprint density at radius 1 is 0.475 bits per heavy atom. The Hall–Kier alpha value is -4.61. The number of benzene rings is 6. The SMILES string of the molecule is CC(=O)[O-].COCc1ccc(-c2ccc(CCl)cc2)cc1.COCc1ccc(-c2ccc(CO)cc2)cc1.COCc1ccc(-c2ccc(COC(C)=O)cc2)cc1.[H+].[Na+]. The van der Waals surface area contributed by atoms with Crippen molar-refractivity contribution in [2.75, 3.05) is 21.3 Å². The van der Waals surface area contributed by atoms with Crippen LogP contribution in [0.4, 0.5) is 0 Å². The van der Waals surface area contributed by atoms with Gasteiger partial charge in [-0.2, -0.15) is 0 Å². The fourth-order valence-corrected chi connectivity index (χ4v) is 5.63. The zero-order valence-electron chi connectivity index (χ0n) is 35.8. The van der Waals surface area contributed by atoms with Crippen LogP contribution in [0.15, 0.2) is 146 Å². The Morgan fingerprint density at radius 2 is 0.695 bits per heavy atom. The number of hydrogen-bond donors (Lipinski definition) is 1. The molecular weight excluding hydrogens is 775 g/mol. The first-order valence-electron chi connectivity index (χ1n) is 18.6. The molecule has 304 valence electrons. The maximum Gasteiger partial charge on any atom is 1.00 e. The Kier molecular flexibility index (Phi) is 24.6. The van der Waals surface area contributed by atoms with E-state index in [0.29, 0.717) is 32.3 Å². The van der Waals surface area contributed by atoms with E-state index in [4.69, 9.17) is 45.6 Å². The number of aliphatic hydroxyl groups excluding tert-OH is 1. The summed E-state index contributed by atoms with van der Waals surface area (Å²) < 4.78 is 20.2. The van der Waals surface area contributed by atoms with E-state index < -0.39 is 5.97 Å². The number of methoxy groups -OCH3 is 3. The van der Waals surface area contributed by atoms with Gasteiger partial charge in [0.2, 0.25) is 0 Å². The largest absolute Gasteiger partial charge is 1.00 e. The molecule has 10 heteroatoms. The van der Waals surface area contributed by atoms with Crippen molar-refractivity contribution in [3.63, 3.8) is 0 Å². The number of aliphatic carboxylic acids is 1. The normalized spacial score (nSPS) is 9.95. The van der Waals surface area contributed by atoms with Gasteiger partial charge in [0.05, 0.1) is 26.4 Å². The molecule has 0 aliphatic rings. The Balaban J connectivity index is 0.000000425. The second kappa shape index (κ2) is 28.8. The Morgan fingerprint density at radius 3 is 0.898 bits per heavy atom. The van der Waals surface area contributed by atoms with Crippen molar-refractivity contribution < 1.29 is 69.7 Å². The number of carbonyl (C=O) groups is 2. The van der Waals surface area contributed by atoms with Crippen molar-refractivity contribution in [2.24, 2.45) is 0 Å². The molecule has 6 aromatic rings. The molecule has 0 radical (unpaired) electrons. The van der Waals surface area contributed by atoms with Gasteiger partial charge in [-0.3, -0.25) is 4.79 Å². The van der Waals surface area contributed by atoms with Crippen LogP contribution >= 0.6 is 11.6 Å². The average molecular weight is 828 g/mol. The van der Waals surface area contributed by atoms with Crippen molar-refractivity contribution >= 4 is 23.5 Å². The molecule has 0 amide bonds. The molecule has 0 atom stereocenters. The topological polar surface area (TPSA) is 114 Å². The van der Waals surface area contributed by atoms with Gasteiger partial charge in [0.25, 0.3) is 0 Å². The minimum Gasteiger partial charge on any atom is -0.550 e. The summed E-state index contributed by atoms with van der Waals surface area (Å²) in [5.74, 6) is -0.782. The summed E-state index contributed by atoms with van der Waals surface area (Å²) in [5.41, 5.74) is 13.6. The van der Waals surface area contributed by atoms with Gasteiger partial charge in [-0.15, -0.1) is 11.6 Å². The summed E-state index contributed by atoms with van der Waals surface area (Å²) in [4.78, 5) is 19.6. The zero-order chi connectivity index (χ0) is 42.1. The number of halogens is 1. The molecule has 0 saturated carbocycles. The second-order valence-corrected chi connectivity index (χ2v) is 13.3. The van der Waals surface area contributed by atoms with Crippen LogP contribution in [0.1, 0.15) is 48.7 Å². The molecule has 0 fully saturated rings. The third-order valence-electron chi connectivity index (χ3n) is 8.44. The van der Waals surface area contributed by atoms with Crippen LogP contribution in [-0.2, 0) is 67.5 Å². The van der Waals surface area contributed by atoms with Gasteiger partial charge in [-0.05, 0) is 73.7 Å². The Labute approximate surface area is 377 Å². The van der Waals surface area contributed by atoms with Gasteiger partial charge in [0.15, 0.2) is 0 Å². The van der Waals surface area contributed by atoms with Crippen LogP contribution in [0, 0.1) is 0 Å². The summed E-state index contributed by atoms with van der Waals surface area (Å²) in [6.45, 7) is 4.72. The average Bonchev–Trinajstić information content (AvgIpc) is 3.25. The van der Waals surface area contributed by atoms with Crippen molar-refractivity contribution in [1.29, 1.82) is 0 Å². The maximum absolute atomic E-state index is 10.8. The van der Waals surface area contributed by atoms with E-state index in [1.54, 1.807) is 21.3 Å². The number of carbonyl (C=O) groups excluding carboxylic acids is 2. The summed E-state index contributed by atoms with van der Waals surface area (Å²) in [6.07, 6.45) is 0. The van der Waals surface area contributed by atoms with Gasteiger partial charge < -0.3 is 34.0 Å². The number of ether oxygens (including phenoxy) is 4. The number of carboxylic acids is 1. The first kappa shape index (κ1) is 50.5. The van der Waals surface area contributed by atoms with E-state index in [1.165, 1.54) is 34.7 Å². The standard InChI is InChI=1S/C17H18O3.C15H15ClO.C15H16O2.C2H4O2.Na/c1-13(18)20-12-15-5-9-17(10-6-15)16-7-3-14(4-8-16)11-19-2;2*1-17-11-13-4-8-15(9-5-13)14-6-2-12(10-16)3-7-14;1-2(3)4;/h3-10H,11-12H2,1-2H3;2-9H,10-11H2,1H3;2-9,16H,10-11H2,1H3;1H3,(H,3,4);/q;;;;+1. The maximum atomic E-state index is 10.8. The summed E-state index contributed by atoms with van der Waals surface area (Å²) in [6, 6.07) is 49.3. The molecule has 8 nitrogen and oxygen atoms in total. The van der Waals surface area contributed by atoms with Crippen LogP contribution in [0.3, 0.4) is 0 Å². The van der Waals surface area contributed by atoms with Crippen LogP contribution in [0.2, 0.25) is 0 Å². The zero-order valence-corrected chi connectivity index (χ0v) is 37.5. The van der Waals surface area contributed by atoms with E-state index in [0.717, 1.165) is 45.9 Å². The summed E-state index contributed by atoms with van der Waals surface area (Å²) in [5, 5.41) is 17.9. The first-order chi connectivity index (χ1) is 28.1. The molecule has 0 aliphatic heterocycles. The fourth-order valence-electron chi connectivity index (χ4n) is 5.45. The van der Waals surface area contributed by atoms with Crippen molar-refractivity contribution in [1.82, 2.24) is 0 Å². The third-order valence-corrected chi connectivity index (χ3v) is 8.74. The number of esters is 1. The second-order valence-electron chi connectivity index (χ2n) is 13.0. The predicted molar refractivity (Wildman–Crippen MR) is 231 cm³/mol. The molecule has 0 unspecified atom stereocenters. The number of carboxylic acid groups (broad SMARTS) is 1. The molecule has 0 bridgehead atoms. The number of hydrogen-bond acceptors (Lipinski definition) is 8. The molecule has 1 N–H and O–H groups in total. The molecule has 6 aromatic carbocycles. The van der Waals surface area contributed by atoms with Crippen LogP contribution in [0.5, 0.6) is 0 Å². The van der Waals surface area contributed by atoms with Gasteiger partial charge in [-0.25, -0.2) is 0 Å². The molecule has 0 saturated heterocycles. The van der Waals surface area contributed by atoms with Gasteiger partial charge >= 0.3 is 37.0 Å². The van der Waals surface area contributed by atoms with Gasteiger partial charge in [-0.1, -0.05) is 146 Å². The van der Waals surface area contributed by atoms with E-state index in [2.05, 4.69) is 97.1 Å². The van der Waals surface area contributed by atoms with E-state index in [9.17, 15) is 4.79 Å². The smallest absolute Gasteiger partial charge is 0.550 e. The summed E-state index contributed by atoms with van der Waals surface area (Å²) in [7, 11) is 5.09. The van der Waals surface area contributed by atoms with Gasteiger partial charge in [0, 0.05) is 40.1 Å². The molecule has 0 heterocycles. The van der Waals surface area contributed by atoms with E-state index >= 15 is 0 Å². The van der Waals surface area contributed by atoms with Crippen LogP contribution in [-0.4, -0.2) is 38.4 Å². The minimum absolute atomic E-state index is 0. The van der Waals surface area contributed by atoms with Crippen molar-refractivity contribution in [3.05, 3.63) is 179 Å². The first-order valence-corrected chi connectivity index (χ1v) is 19.1. The Bertz CT molecular complexity index is 1960. The van der Waals surface area contributed by atoms with Crippen molar-refractivity contribution in [2.45, 2.75) is 52.8 Å². The molecule has 59 heavy (non-hydrogen) atoms. The third kappa shape index (κ3) is 19.3. The fraction of sp³-hybridized carbons (Fsp3) is 0.224. The van der Waals surface area contributed by atoms with E-state index in [1.807, 2.05) is 48.5 Å². The number of alkyl halides is 1. The predicted octanol–water partition coefficient (Wildman–Crippen LogP) is 6.67. The molecular formula is C49H53ClNaO8+. The van der Waals surface area contributed by atoms with E-state index in [-0.39, 0.29) is 43.6 Å². The molecule has 0 aliphatic carbocycles. The number of aliphatic hydroxyl groups is 1. The minimum atomic E-state index is -1.08. The molecule has 6 rings (SSSR count). The number of rotatable bonds is 13.